The molecule has 0 aliphatic carbocycles. The van der Waals surface area contributed by atoms with Gasteiger partial charge < -0.3 is 19.0 Å². The SMILES string of the molecule is Cc1nc(CCOc2ccc(CN(CC(=O)O)C(=O)Oc3cccc(Br)c3)cc2)c(C)o1. The fraction of sp³-hybridized carbons (Fsp3) is 0.261. The van der Waals surface area contributed by atoms with Gasteiger partial charge in [0, 0.05) is 24.4 Å². The first-order valence-corrected chi connectivity index (χ1v) is 10.7. The molecule has 9 heteroatoms. The highest BCUT2D eigenvalue weighted by atomic mass is 79.9. The van der Waals surface area contributed by atoms with Crippen LogP contribution in [0.4, 0.5) is 4.79 Å². The molecule has 0 aliphatic heterocycles. The van der Waals surface area contributed by atoms with E-state index in [1.165, 1.54) is 0 Å². The van der Waals surface area contributed by atoms with Crippen LogP contribution in [0.2, 0.25) is 0 Å². The van der Waals surface area contributed by atoms with Gasteiger partial charge in [0.05, 0.1) is 12.3 Å². The van der Waals surface area contributed by atoms with Crippen LogP contribution in [-0.4, -0.2) is 40.2 Å². The number of benzene rings is 2. The van der Waals surface area contributed by atoms with E-state index in [4.69, 9.17) is 13.9 Å². The third-order valence-electron chi connectivity index (χ3n) is 4.49. The van der Waals surface area contributed by atoms with Gasteiger partial charge in [-0.1, -0.05) is 34.1 Å². The molecule has 1 aromatic heterocycles. The quantitative estimate of drug-likeness (QED) is 0.449. The number of amides is 1. The molecule has 168 valence electrons. The summed E-state index contributed by atoms with van der Waals surface area (Å²) in [7, 11) is 0. The molecule has 0 unspecified atom stereocenters. The first-order valence-electron chi connectivity index (χ1n) is 9.89. The molecule has 1 N–H and O–H groups in total. The Morgan fingerprint density at radius 2 is 1.88 bits per heavy atom. The molecule has 32 heavy (non-hydrogen) atoms. The van der Waals surface area contributed by atoms with Crippen LogP contribution in [0.3, 0.4) is 0 Å². The molecule has 0 atom stereocenters. The fourth-order valence-corrected chi connectivity index (χ4v) is 3.40. The van der Waals surface area contributed by atoms with Gasteiger partial charge in [-0.15, -0.1) is 0 Å². The van der Waals surface area contributed by atoms with Crippen molar-refractivity contribution in [2.45, 2.75) is 26.8 Å². The van der Waals surface area contributed by atoms with Crippen LogP contribution in [0.25, 0.3) is 0 Å². The average Bonchev–Trinajstić information content (AvgIpc) is 3.05. The Kier molecular flexibility index (Phi) is 7.88. The maximum absolute atomic E-state index is 12.5. The second kappa shape index (κ2) is 10.8. The van der Waals surface area contributed by atoms with E-state index in [-0.39, 0.29) is 6.54 Å². The number of carbonyl (C=O) groups excluding carboxylic acids is 1. The minimum Gasteiger partial charge on any atom is -0.493 e. The zero-order valence-electron chi connectivity index (χ0n) is 17.7. The highest BCUT2D eigenvalue weighted by Gasteiger charge is 2.19. The predicted octanol–water partition coefficient (Wildman–Crippen LogP) is 4.76. The van der Waals surface area contributed by atoms with Crippen LogP contribution in [0.1, 0.15) is 22.9 Å². The smallest absolute Gasteiger partial charge is 0.416 e. The summed E-state index contributed by atoms with van der Waals surface area (Å²) in [5.74, 6) is 1.27. The summed E-state index contributed by atoms with van der Waals surface area (Å²) in [5.41, 5.74) is 1.61. The van der Waals surface area contributed by atoms with Crippen molar-refractivity contribution in [2.24, 2.45) is 0 Å². The monoisotopic (exact) mass is 502 g/mol. The summed E-state index contributed by atoms with van der Waals surface area (Å²) in [6.07, 6.45) is -0.122. The van der Waals surface area contributed by atoms with E-state index in [2.05, 4.69) is 20.9 Å². The average molecular weight is 503 g/mol. The van der Waals surface area contributed by atoms with E-state index in [0.717, 1.165) is 26.4 Å². The first kappa shape index (κ1) is 23.3. The van der Waals surface area contributed by atoms with Gasteiger partial charge in [0.1, 0.15) is 23.8 Å². The topological polar surface area (TPSA) is 102 Å². The lowest BCUT2D eigenvalue weighted by molar-refractivity contribution is -0.138. The van der Waals surface area contributed by atoms with Crippen molar-refractivity contribution < 1.29 is 28.6 Å². The minimum absolute atomic E-state index is 0.0802. The number of aromatic nitrogens is 1. The summed E-state index contributed by atoms with van der Waals surface area (Å²) >= 11 is 3.31. The lowest BCUT2D eigenvalue weighted by atomic mass is 10.2. The minimum atomic E-state index is -1.13. The summed E-state index contributed by atoms with van der Waals surface area (Å²) in [6.45, 7) is 3.71. The molecule has 0 spiro atoms. The number of oxazole rings is 1. The number of ether oxygens (including phenoxy) is 2. The van der Waals surface area contributed by atoms with Gasteiger partial charge in [0.2, 0.25) is 0 Å². The van der Waals surface area contributed by atoms with E-state index in [9.17, 15) is 14.7 Å². The highest BCUT2D eigenvalue weighted by molar-refractivity contribution is 9.10. The molecule has 0 saturated carbocycles. The zero-order chi connectivity index (χ0) is 23.1. The Bertz CT molecular complexity index is 1080. The third-order valence-corrected chi connectivity index (χ3v) is 4.98. The third kappa shape index (κ3) is 6.84. The second-order valence-electron chi connectivity index (χ2n) is 7.05. The number of hydrogen-bond donors (Lipinski definition) is 1. The molecule has 1 heterocycles. The number of carboxylic acid groups (broad SMARTS) is 1. The molecule has 3 rings (SSSR count). The molecule has 3 aromatic rings. The summed E-state index contributed by atoms with van der Waals surface area (Å²) in [5, 5.41) is 9.19. The Balaban J connectivity index is 1.58. The lowest BCUT2D eigenvalue weighted by Crippen LogP contribution is -2.37. The van der Waals surface area contributed by atoms with Crippen molar-refractivity contribution in [3.8, 4) is 11.5 Å². The van der Waals surface area contributed by atoms with Gasteiger partial charge in [0.25, 0.3) is 0 Å². The molecule has 0 bridgehead atoms. The molecular weight excluding hydrogens is 480 g/mol. The molecule has 0 radical (unpaired) electrons. The van der Waals surface area contributed by atoms with Crippen molar-refractivity contribution in [1.82, 2.24) is 9.88 Å². The van der Waals surface area contributed by atoms with Gasteiger partial charge in [-0.2, -0.15) is 0 Å². The van der Waals surface area contributed by atoms with Crippen LogP contribution in [0, 0.1) is 13.8 Å². The van der Waals surface area contributed by atoms with E-state index in [1.807, 2.05) is 6.92 Å². The second-order valence-corrected chi connectivity index (χ2v) is 7.97. The number of hydrogen-bond acceptors (Lipinski definition) is 6. The first-order chi connectivity index (χ1) is 15.3. The number of carboxylic acids is 1. The Morgan fingerprint density at radius 1 is 1.12 bits per heavy atom. The summed E-state index contributed by atoms with van der Waals surface area (Å²) in [6, 6.07) is 13.9. The number of aliphatic carboxylic acids is 1. The Hall–Kier alpha value is -3.33. The van der Waals surface area contributed by atoms with Crippen LogP contribution in [0.5, 0.6) is 11.5 Å². The van der Waals surface area contributed by atoms with Crippen molar-refractivity contribution in [2.75, 3.05) is 13.2 Å². The Morgan fingerprint density at radius 3 is 2.50 bits per heavy atom. The highest BCUT2D eigenvalue weighted by Crippen LogP contribution is 2.20. The maximum atomic E-state index is 12.5. The number of halogens is 1. The van der Waals surface area contributed by atoms with Gasteiger partial charge >= 0.3 is 12.1 Å². The molecule has 1 amide bonds. The predicted molar refractivity (Wildman–Crippen MR) is 120 cm³/mol. The maximum Gasteiger partial charge on any atom is 0.416 e. The lowest BCUT2D eigenvalue weighted by Gasteiger charge is -2.20. The van der Waals surface area contributed by atoms with E-state index in [1.54, 1.807) is 55.5 Å². The van der Waals surface area contributed by atoms with Crippen LogP contribution in [-0.2, 0) is 17.8 Å². The molecule has 0 saturated heterocycles. The van der Waals surface area contributed by atoms with Gasteiger partial charge in [-0.25, -0.2) is 9.78 Å². The van der Waals surface area contributed by atoms with Crippen molar-refractivity contribution in [3.63, 3.8) is 0 Å². The Labute approximate surface area is 193 Å². The van der Waals surface area contributed by atoms with Crippen molar-refractivity contribution >= 4 is 28.0 Å². The number of aryl methyl sites for hydroxylation is 2. The van der Waals surface area contributed by atoms with E-state index >= 15 is 0 Å². The normalized spacial score (nSPS) is 10.6. The molecule has 0 fully saturated rings. The standard InChI is InChI=1S/C23H23BrN2O6/c1-15-21(25-16(2)31-15)10-11-30-19-8-6-17(7-9-19)13-26(14-22(27)28)23(29)32-20-5-3-4-18(24)12-20/h3-9,12H,10-11,13-14H2,1-2H3,(H,27,28). The van der Waals surface area contributed by atoms with E-state index in [0.29, 0.717) is 30.4 Å². The number of nitrogens with zero attached hydrogens (tertiary/aromatic N) is 2. The molecular formula is C23H23BrN2O6. The summed E-state index contributed by atoms with van der Waals surface area (Å²) in [4.78, 5) is 29.2. The molecule has 2 aromatic carbocycles. The molecule has 8 nitrogen and oxygen atoms in total. The van der Waals surface area contributed by atoms with Gasteiger partial charge in [-0.05, 0) is 42.8 Å². The largest absolute Gasteiger partial charge is 0.493 e. The van der Waals surface area contributed by atoms with Crippen molar-refractivity contribution in [3.05, 3.63) is 75.9 Å². The number of rotatable bonds is 9. The fourth-order valence-electron chi connectivity index (χ4n) is 3.03. The summed E-state index contributed by atoms with van der Waals surface area (Å²) < 4.78 is 17.2. The van der Waals surface area contributed by atoms with Crippen LogP contribution in [0.15, 0.2) is 57.4 Å². The molecule has 0 aliphatic rings. The van der Waals surface area contributed by atoms with Crippen LogP contribution >= 0.6 is 15.9 Å². The van der Waals surface area contributed by atoms with Crippen molar-refractivity contribution in [1.29, 1.82) is 0 Å². The van der Waals surface area contributed by atoms with E-state index < -0.39 is 18.6 Å². The van der Waals surface area contributed by atoms with Gasteiger partial charge in [0.15, 0.2) is 5.89 Å². The zero-order valence-corrected chi connectivity index (χ0v) is 19.3. The van der Waals surface area contributed by atoms with Gasteiger partial charge in [-0.3, -0.25) is 9.69 Å². The van der Waals surface area contributed by atoms with Crippen LogP contribution < -0.4 is 9.47 Å². The number of carbonyl (C=O) groups is 2.